The quantitative estimate of drug-likeness (QED) is 0.669. The number of nitrogens with one attached hydrogen (secondary N) is 1. The maximum atomic E-state index is 11.0. The fourth-order valence-corrected chi connectivity index (χ4v) is 2.97. The number of hydrogen-bond donors (Lipinski definition) is 3. The van der Waals surface area contributed by atoms with Gasteiger partial charge in [-0.1, -0.05) is 6.07 Å². The molecule has 3 N–H and O–H groups in total. The van der Waals surface area contributed by atoms with Crippen LogP contribution >= 0.6 is 11.3 Å². The average molecular weight is 315 g/mol. The Morgan fingerprint density at radius 2 is 2.09 bits per heavy atom. The van der Waals surface area contributed by atoms with Gasteiger partial charge in [0.1, 0.15) is 17.0 Å². The average Bonchev–Trinajstić information content (AvgIpc) is 3.02. The van der Waals surface area contributed by atoms with Crippen LogP contribution in [0.3, 0.4) is 0 Å². The van der Waals surface area contributed by atoms with Crippen molar-refractivity contribution in [1.29, 1.82) is 0 Å². The third-order valence-electron chi connectivity index (χ3n) is 3.14. The lowest BCUT2D eigenvalue weighted by atomic mass is 10.1. The minimum atomic E-state index is -0.925. The van der Waals surface area contributed by atoms with E-state index < -0.39 is 5.97 Å². The van der Waals surface area contributed by atoms with Crippen LogP contribution in [0.15, 0.2) is 36.7 Å². The van der Waals surface area contributed by atoms with Gasteiger partial charge in [-0.05, 0) is 29.8 Å². The molecule has 0 saturated heterocycles. The van der Waals surface area contributed by atoms with Gasteiger partial charge in [-0.2, -0.15) is 0 Å². The van der Waals surface area contributed by atoms with Gasteiger partial charge < -0.3 is 15.5 Å². The Morgan fingerprint density at radius 1 is 1.23 bits per heavy atom. The highest BCUT2D eigenvalue weighted by atomic mass is 32.1. The minimum Gasteiger partial charge on any atom is -0.477 e. The number of aliphatic hydroxyl groups is 1. The van der Waals surface area contributed by atoms with E-state index >= 15 is 0 Å². The topological polar surface area (TPSA) is 95.3 Å². The van der Waals surface area contributed by atoms with Gasteiger partial charge in [0.05, 0.1) is 12.1 Å². The first-order valence-electron chi connectivity index (χ1n) is 6.62. The van der Waals surface area contributed by atoms with Crippen molar-refractivity contribution in [3.8, 4) is 10.4 Å². The zero-order valence-electron chi connectivity index (χ0n) is 11.5. The van der Waals surface area contributed by atoms with E-state index in [2.05, 4.69) is 15.3 Å². The maximum absolute atomic E-state index is 11.0. The van der Waals surface area contributed by atoms with E-state index in [-0.39, 0.29) is 6.61 Å². The summed E-state index contributed by atoms with van der Waals surface area (Å²) in [5, 5.41) is 21.8. The van der Waals surface area contributed by atoms with Gasteiger partial charge in [-0.25, -0.2) is 14.8 Å². The maximum Gasteiger partial charge on any atom is 0.345 e. The molecule has 3 rings (SSSR count). The van der Waals surface area contributed by atoms with Crippen LogP contribution < -0.4 is 5.32 Å². The van der Waals surface area contributed by atoms with Crippen LogP contribution in [-0.4, -0.2) is 39.3 Å². The normalized spacial score (nSPS) is 10.8. The van der Waals surface area contributed by atoms with Gasteiger partial charge in [0.15, 0.2) is 0 Å². The fraction of sp³-hybridized carbons (Fsp3) is 0.133. The van der Waals surface area contributed by atoms with E-state index in [4.69, 9.17) is 10.2 Å². The van der Waals surface area contributed by atoms with Gasteiger partial charge in [0.2, 0.25) is 0 Å². The summed E-state index contributed by atoms with van der Waals surface area (Å²) < 4.78 is 0. The van der Waals surface area contributed by atoms with Crippen molar-refractivity contribution in [3.63, 3.8) is 0 Å². The summed E-state index contributed by atoms with van der Waals surface area (Å²) in [5.41, 5.74) is 1.70. The van der Waals surface area contributed by atoms with Crippen LogP contribution in [0.4, 0.5) is 5.82 Å². The fourth-order valence-electron chi connectivity index (χ4n) is 2.13. The van der Waals surface area contributed by atoms with Gasteiger partial charge in [-0.15, -0.1) is 11.3 Å². The molecule has 0 saturated carbocycles. The molecule has 0 atom stereocenters. The number of aromatic nitrogens is 2. The highest BCUT2D eigenvalue weighted by molar-refractivity contribution is 7.17. The molecule has 1 aromatic carbocycles. The molecule has 0 aliphatic rings. The van der Waals surface area contributed by atoms with Crippen LogP contribution in [0, 0.1) is 0 Å². The standard InChI is InChI=1S/C15H13N3O3S/c19-6-5-16-14-10-7-9(1-2-11(10)17-8-18-14)12-3-4-13(22-12)15(20)21/h1-4,7-8,19H,5-6H2,(H,20,21)(H,16,17,18). The number of carbonyl (C=O) groups is 1. The van der Waals surface area contributed by atoms with Crippen molar-refractivity contribution in [3.05, 3.63) is 41.5 Å². The molecule has 0 bridgehead atoms. The molecule has 3 aromatic rings. The highest BCUT2D eigenvalue weighted by Crippen LogP contribution is 2.31. The predicted molar refractivity (Wildman–Crippen MR) is 85.4 cm³/mol. The van der Waals surface area contributed by atoms with Crippen molar-refractivity contribution in [2.24, 2.45) is 0 Å². The summed E-state index contributed by atoms with van der Waals surface area (Å²) >= 11 is 1.23. The second kappa shape index (κ2) is 6.08. The summed E-state index contributed by atoms with van der Waals surface area (Å²) in [6, 6.07) is 9.09. The van der Waals surface area contributed by atoms with Crippen molar-refractivity contribution >= 4 is 34.0 Å². The summed E-state index contributed by atoms with van der Waals surface area (Å²) in [4.78, 5) is 20.6. The van der Waals surface area contributed by atoms with E-state index in [1.807, 2.05) is 18.2 Å². The number of benzene rings is 1. The molecule has 0 fully saturated rings. The third-order valence-corrected chi connectivity index (χ3v) is 4.26. The summed E-state index contributed by atoms with van der Waals surface area (Å²) in [6.45, 7) is 0.413. The largest absolute Gasteiger partial charge is 0.477 e. The number of anilines is 1. The molecule has 22 heavy (non-hydrogen) atoms. The smallest absolute Gasteiger partial charge is 0.345 e. The Balaban J connectivity index is 2.05. The molecule has 6 nitrogen and oxygen atoms in total. The number of carboxylic acids is 1. The number of hydrogen-bond acceptors (Lipinski definition) is 6. The molecule has 0 amide bonds. The second-order valence-electron chi connectivity index (χ2n) is 4.57. The number of aromatic carboxylic acids is 1. The summed E-state index contributed by atoms with van der Waals surface area (Å²) in [6.07, 6.45) is 1.47. The third kappa shape index (κ3) is 2.76. The van der Waals surface area contributed by atoms with E-state index in [1.165, 1.54) is 17.7 Å². The summed E-state index contributed by atoms with van der Waals surface area (Å²) in [7, 11) is 0. The van der Waals surface area contributed by atoms with Crippen molar-refractivity contribution in [2.45, 2.75) is 0 Å². The van der Waals surface area contributed by atoms with E-state index in [0.717, 1.165) is 21.3 Å². The van der Waals surface area contributed by atoms with E-state index in [1.54, 1.807) is 12.1 Å². The Labute approximate surface area is 130 Å². The van der Waals surface area contributed by atoms with Crippen LogP contribution in [0.25, 0.3) is 21.3 Å². The molecular weight excluding hydrogens is 302 g/mol. The number of carboxylic acid groups (broad SMARTS) is 1. The molecule has 7 heteroatoms. The monoisotopic (exact) mass is 315 g/mol. The van der Waals surface area contributed by atoms with E-state index in [9.17, 15) is 4.79 Å². The highest BCUT2D eigenvalue weighted by Gasteiger charge is 2.10. The Kier molecular flexibility index (Phi) is 3.99. The minimum absolute atomic E-state index is 0.0120. The Hall–Kier alpha value is -2.51. The molecule has 0 unspecified atom stereocenters. The summed E-state index contributed by atoms with van der Waals surface area (Å²) in [5.74, 6) is -0.276. The number of fused-ring (bicyclic) bond motifs is 1. The van der Waals surface area contributed by atoms with Crippen LogP contribution in [0.1, 0.15) is 9.67 Å². The molecular formula is C15H13N3O3S. The molecule has 0 aliphatic heterocycles. The molecule has 2 aromatic heterocycles. The molecule has 112 valence electrons. The molecule has 2 heterocycles. The van der Waals surface area contributed by atoms with Crippen molar-refractivity contribution in [2.75, 3.05) is 18.5 Å². The lowest BCUT2D eigenvalue weighted by molar-refractivity contribution is 0.0702. The molecule has 0 radical (unpaired) electrons. The Morgan fingerprint density at radius 3 is 2.82 bits per heavy atom. The predicted octanol–water partition coefficient (Wildman–Crippen LogP) is 2.46. The number of thiophene rings is 1. The van der Waals surface area contributed by atoms with Crippen LogP contribution in [0.5, 0.6) is 0 Å². The first-order chi connectivity index (χ1) is 10.7. The zero-order valence-corrected chi connectivity index (χ0v) is 12.3. The van der Waals surface area contributed by atoms with Crippen molar-refractivity contribution in [1.82, 2.24) is 9.97 Å². The molecule has 0 spiro atoms. The molecule has 0 aliphatic carbocycles. The lowest BCUT2D eigenvalue weighted by Gasteiger charge is -2.08. The SMILES string of the molecule is O=C(O)c1ccc(-c2ccc3ncnc(NCCO)c3c2)s1. The first kappa shape index (κ1) is 14.4. The van der Waals surface area contributed by atoms with Crippen LogP contribution in [-0.2, 0) is 0 Å². The lowest BCUT2D eigenvalue weighted by Crippen LogP contribution is -2.07. The van der Waals surface area contributed by atoms with Gasteiger partial charge >= 0.3 is 5.97 Å². The number of rotatable bonds is 5. The Bertz CT molecular complexity index is 832. The van der Waals surface area contributed by atoms with E-state index in [0.29, 0.717) is 17.2 Å². The van der Waals surface area contributed by atoms with Crippen LogP contribution in [0.2, 0.25) is 0 Å². The second-order valence-corrected chi connectivity index (χ2v) is 5.66. The van der Waals surface area contributed by atoms with Gasteiger partial charge in [-0.3, -0.25) is 0 Å². The van der Waals surface area contributed by atoms with Crippen molar-refractivity contribution < 1.29 is 15.0 Å². The first-order valence-corrected chi connectivity index (χ1v) is 7.43. The number of aliphatic hydroxyl groups excluding tert-OH is 1. The number of nitrogens with zero attached hydrogens (tertiary/aromatic N) is 2. The van der Waals surface area contributed by atoms with Gasteiger partial charge in [0, 0.05) is 16.8 Å². The van der Waals surface area contributed by atoms with Gasteiger partial charge in [0.25, 0.3) is 0 Å². The zero-order chi connectivity index (χ0) is 15.5.